The van der Waals surface area contributed by atoms with Crippen LogP contribution < -0.4 is 11.5 Å². The number of sulfonamides is 1. The zero-order chi connectivity index (χ0) is 15.8. The standard InChI is InChI=1S/C12H15N5O3S/c1-16(2)21(19,20)9-3-4-10(13)11(5-9)17-7-8(6-15-17)12(14)18/h3-7H,13H2,1-2H3,(H2,14,18). The number of carbonyl (C=O) groups is 1. The number of rotatable bonds is 4. The molecule has 1 aromatic carbocycles. The van der Waals surface area contributed by atoms with Crippen LogP contribution in [0.4, 0.5) is 5.69 Å². The first kappa shape index (κ1) is 15.0. The number of hydrogen-bond donors (Lipinski definition) is 2. The molecule has 9 heteroatoms. The second-order valence-corrected chi connectivity index (χ2v) is 6.70. The maximum absolute atomic E-state index is 12.1. The van der Waals surface area contributed by atoms with Gasteiger partial charge in [0.25, 0.3) is 5.91 Å². The van der Waals surface area contributed by atoms with E-state index in [1.54, 1.807) is 0 Å². The smallest absolute Gasteiger partial charge is 0.251 e. The summed E-state index contributed by atoms with van der Waals surface area (Å²) >= 11 is 0. The van der Waals surface area contributed by atoms with Crippen molar-refractivity contribution in [1.82, 2.24) is 14.1 Å². The number of amides is 1. The minimum Gasteiger partial charge on any atom is -0.397 e. The van der Waals surface area contributed by atoms with Crippen LogP contribution in [0.5, 0.6) is 0 Å². The largest absolute Gasteiger partial charge is 0.397 e. The van der Waals surface area contributed by atoms with Crippen molar-refractivity contribution in [3.8, 4) is 5.69 Å². The molecule has 0 bridgehead atoms. The molecule has 0 aliphatic carbocycles. The van der Waals surface area contributed by atoms with Crippen molar-refractivity contribution in [2.24, 2.45) is 5.73 Å². The van der Waals surface area contributed by atoms with Crippen LogP contribution in [0.2, 0.25) is 0 Å². The molecule has 0 aliphatic rings. The lowest BCUT2D eigenvalue weighted by molar-refractivity contribution is 0.100. The summed E-state index contributed by atoms with van der Waals surface area (Å²) in [5.74, 6) is -0.628. The Balaban J connectivity index is 2.56. The molecule has 0 fully saturated rings. The molecule has 1 heterocycles. The van der Waals surface area contributed by atoms with Gasteiger partial charge in [-0.05, 0) is 18.2 Å². The van der Waals surface area contributed by atoms with Crippen LogP contribution in [-0.4, -0.2) is 42.5 Å². The minimum absolute atomic E-state index is 0.0767. The minimum atomic E-state index is -3.59. The highest BCUT2D eigenvalue weighted by atomic mass is 32.2. The number of benzene rings is 1. The number of nitrogens with two attached hydrogens (primary N) is 2. The van der Waals surface area contributed by atoms with Gasteiger partial charge in [0, 0.05) is 20.3 Å². The summed E-state index contributed by atoms with van der Waals surface area (Å²) in [4.78, 5) is 11.2. The molecule has 8 nitrogen and oxygen atoms in total. The summed E-state index contributed by atoms with van der Waals surface area (Å²) < 4.78 is 26.7. The van der Waals surface area contributed by atoms with Crippen molar-refractivity contribution in [2.45, 2.75) is 4.90 Å². The maximum Gasteiger partial charge on any atom is 0.251 e. The van der Waals surface area contributed by atoms with E-state index < -0.39 is 15.9 Å². The fraction of sp³-hybridized carbons (Fsp3) is 0.167. The monoisotopic (exact) mass is 309 g/mol. The molecule has 4 N–H and O–H groups in total. The molecule has 1 aromatic heterocycles. The van der Waals surface area contributed by atoms with Gasteiger partial charge in [0.2, 0.25) is 10.0 Å². The van der Waals surface area contributed by atoms with Gasteiger partial charge in [-0.1, -0.05) is 0 Å². The second kappa shape index (κ2) is 5.19. The Morgan fingerprint density at radius 2 is 2.00 bits per heavy atom. The van der Waals surface area contributed by atoms with E-state index in [0.29, 0.717) is 11.4 Å². The van der Waals surface area contributed by atoms with E-state index in [-0.39, 0.29) is 10.5 Å². The molecule has 0 saturated heterocycles. The predicted molar refractivity (Wildman–Crippen MR) is 77.4 cm³/mol. The van der Waals surface area contributed by atoms with E-state index in [1.165, 1.54) is 49.4 Å². The maximum atomic E-state index is 12.1. The number of primary amides is 1. The Labute approximate surface area is 122 Å². The normalized spacial score (nSPS) is 11.8. The molecule has 0 aliphatic heterocycles. The van der Waals surface area contributed by atoms with Gasteiger partial charge in [0.1, 0.15) is 0 Å². The van der Waals surface area contributed by atoms with Crippen molar-refractivity contribution in [2.75, 3.05) is 19.8 Å². The lowest BCUT2D eigenvalue weighted by Gasteiger charge is -2.13. The lowest BCUT2D eigenvalue weighted by Crippen LogP contribution is -2.22. The van der Waals surface area contributed by atoms with Crippen LogP contribution in [0.3, 0.4) is 0 Å². The third-order valence-corrected chi connectivity index (χ3v) is 4.71. The number of anilines is 1. The topological polar surface area (TPSA) is 124 Å². The van der Waals surface area contributed by atoms with E-state index in [0.717, 1.165) is 4.31 Å². The molecule has 0 saturated carbocycles. The molecular weight excluding hydrogens is 294 g/mol. The number of carbonyl (C=O) groups excluding carboxylic acids is 1. The third kappa shape index (κ3) is 2.73. The van der Waals surface area contributed by atoms with Crippen molar-refractivity contribution >= 4 is 21.6 Å². The summed E-state index contributed by atoms with van der Waals surface area (Å²) in [6.45, 7) is 0. The summed E-state index contributed by atoms with van der Waals surface area (Å²) in [5.41, 5.74) is 11.9. The molecule has 0 radical (unpaired) electrons. The molecule has 21 heavy (non-hydrogen) atoms. The second-order valence-electron chi connectivity index (χ2n) is 4.55. The Morgan fingerprint density at radius 1 is 1.33 bits per heavy atom. The summed E-state index contributed by atoms with van der Waals surface area (Å²) in [5, 5.41) is 3.96. The van der Waals surface area contributed by atoms with Gasteiger partial charge in [-0.2, -0.15) is 5.10 Å². The molecule has 2 aromatic rings. The quantitative estimate of drug-likeness (QED) is 0.757. The molecule has 112 valence electrons. The van der Waals surface area contributed by atoms with Crippen molar-refractivity contribution in [1.29, 1.82) is 0 Å². The van der Waals surface area contributed by atoms with Crippen LogP contribution in [0.15, 0.2) is 35.5 Å². The lowest BCUT2D eigenvalue weighted by atomic mass is 10.2. The van der Waals surface area contributed by atoms with Gasteiger partial charge in [-0.25, -0.2) is 17.4 Å². The van der Waals surface area contributed by atoms with Crippen LogP contribution >= 0.6 is 0 Å². The molecule has 2 rings (SSSR count). The van der Waals surface area contributed by atoms with Crippen molar-refractivity contribution < 1.29 is 13.2 Å². The first-order chi connectivity index (χ1) is 9.73. The molecule has 1 amide bonds. The van der Waals surface area contributed by atoms with E-state index in [1.807, 2.05) is 0 Å². The molecule has 0 spiro atoms. The average Bonchev–Trinajstić information content (AvgIpc) is 2.88. The Kier molecular flexibility index (Phi) is 3.71. The van der Waals surface area contributed by atoms with Gasteiger partial charge >= 0.3 is 0 Å². The van der Waals surface area contributed by atoms with Crippen LogP contribution in [0.25, 0.3) is 5.69 Å². The van der Waals surface area contributed by atoms with Gasteiger partial charge in [0.15, 0.2) is 0 Å². The highest BCUT2D eigenvalue weighted by molar-refractivity contribution is 7.89. The zero-order valence-corrected chi connectivity index (χ0v) is 12.3. The van der Waals surface area contributed by atoms with E-state index in [4.69, 9.17) is 11.5 Å². The van der Waals surface area contributed by atoms with E-state index in [2.05, 4.69) is 5.10 Å². The van der Waals surface area contributed by atoms with Crippen molar-refractivity contribution in [3.05, 3.63) is 36.2 Å². The van der Waals surface area contributed by atoms with Gasteiger partial charge in [-0.3, -0.25) is 4.79 Å². The predicted octanol–water partition coefficient (Wildman–Crippen LogP) is -0.196. The number of nitrogen functional groups attached to an aromatic ring is 1. The van der Waals surface area contributed by atoms with Crippen LogP contribution in [0, 0.1) is 0 Å². The summed E-state index contributed by atoms with van der Waals surface area (Å²) in [6, 6.07) is 4.27. The number of aromatic nitrogens is 2. The average molecular weight is 309 g/mol. The summed E-state index contributed by atoms with van der Waals surface area (Å²) in [7, 11) is -0.719. The Hall–Kier alpha value is -2.39. The molecule has 0 atom stereocenters. The highest BCUT2D eigenvalue weighted by Crippen LogP contribution is 2.23. The van der Waals surface area contributed by atoms with E-state index in [9.17, 15) is 13.2 Å². The first-order valence-corrected chi connectivity index (χ1v) is 7.34. The van der Waals surface area contributed by atoms with Gasteiger partial charge < -0.3 is 11.5 Å². The fourth-order valence-corrected chi connectivity index (χ4v) is 2.60. The Morgan fingerprint density at radius 3 is 2.52 bits per heavy atom. The number of nitrogens with zero attached hydrogens (tertiary/aromatic N) is 3. The van der Waals surface area contributed by atoms with Crippen molar-refractivity contribution in [3.63, 3.8) is 0 Å². The third-order valence-electron chi connectivity index (χ3n) is 2.89. The highest BCUT2D eigenvalue weighted by Gasteiger charge is 2.19. The Bertz CT molecular complexity index is 795. The van der Waals surface area contributed by atoms with E-state index >= 15 is 0 Å². The van der Waals surface area contributed by atoms with Crippen LogP contribution in [-0.2, 0) is 10.0 Å². The zero-order valence-electron chi connectivity index (χ0n) is 11.5. The molecule has 0 unspecified atom stereocenters. The fourth-order valence-electron chi connectivity index (χ4n) is 1.67. The SMILES string of the molecule is CN(C)S(=O)(=O)c1ccc(N)c(-n2cc(C(N)=O)cn2)c1. The van der Waals surface area contributed by atoms with Gasteiger partial charge in [-0.15, -0.1) is 0 Å². The summed E-state index contributed by atoms with van der Waals surface area (Å²) in [6.07, 6.45) is 2.68. The van der Waals surface area contributed by atoms with Gasteiger partial charge in [0.05, 0.1) is 28.0 Å². The number of hydrogen-bond acceptors (Lipinski definition) is 5. The first-order valence-electron chi connectivity index (χ1n) is 5.90. The van der Waals surface area contributed by atoms with Crippen LogP contribution in [0.1, 0.15) is 10.4 Å². The molecular formula is C12H15N5O3S.